The maximum atomic E-state index is 12.5. The van der Waals surface area contributed by atoms with Crippen molar-refractivity contribution in [1.82, 2.24) is 24.0 Å². The molecule has 0 saturated heterocycles. The molecule has 0 amide bonds. The zero-order valence-corrected chi connectivity index (χ0v) is 17.6. The first-order valence-electron chi connectivity index (χ1n) is 10.6. The van der Waals surface area contributed by atoms with Crippen molar-refractivity contribution >= 4 is 11.2 Å². The van der Waals surface area contributed by atoms with E-state index in [2.05, 4.69) is 22.4 Å². The molecule has 2 heterocycles. The van der Waals surface area contributed by atoms with Crippen molar-refractivity contribution in [2.75, 3.05) is 13.1 Å². The number of fused-ring (bicyclic) bond motifs is 2. The van der Waals surface area contributed by atoms with Gasteiger partial charge in [-0.2, -0.15) is 0 Å². The van der Waals surface area contributed by atoms with Crippen LogP contribution < -0.4 is 16.6 Å². The van der Waals surface area contributed by atoms with Gasteiger partial charge in [-0.15, -0.1) is 0 Å². The van der Waals surface area contributed by atoms with E-state index < -0.39 is 6.10 Å². The molecule has 1 atom stereocenters. The van der Waals surface area contributed by atoms with Gasteiger partial charge in [-0.05, 0) is 55.3 Å². The zero-order valence-electron chi connectivity index (χ0n) is 17.6. The van der Waals surface area contributed by atoms with E-state index in [4.69, 9.17) is 0 Å². The number of aliphatic hydroxyl groups excluding tert-OH is 1. The molecule has 8 heteroatoms. The Morgan fingerprint density at radius 2 is 1.90 bits per heavy atom. The normalized spacial score (nSPS) is 14.8. The first kappa shape index (κ1) is 20.6. The van der Waals surface area contributed by atoms with Gasteiger partial charge in [0, 0.05) is 27.2 Å². The lowest BCUT2D eigenvalue weighted by atomic mass is 9.89. The molecule has 0 bridgehead atoms. The van der Waals surface area contributed by atoms with Crippen LogP contribution in [0.4, 0.5) is 0 Å². The Morgan fingerprint density at radius 3 is 2.70 bits per heavy atom. The van der Waals surface area contributed by atoms with E-state index in [9.17, 15) is 14.7 Å². The summed E-state index contributed by atoms with van der Waals surface area (Å²) in [7, 11) is 3.09. The van der Waals surface area contributed by atoms with Gasteiger partial charge in [-0.25, -0.2) is 9.78 Å². The van der Waals surface area contributed by atoms with Crippen molar-refractivity contribution < 1.29 is 5.11 Å². The summed E-state index contributed by atoms with van der Waals surface area (Å²) in [5.41, 5.74) is 3.89. The van der Waals surface area contributed by atoms with Crippen molar-refractivity contribution in [3.8, 4) is 0 Å². The Hall–Kier alpha value is -2.71. The van der Waals surface area contributed by atoms with Crippen LogP contribution in [-0.2, 0) is 33.5 Å². The minimum atomic E-state index is -0.534. The highest BCUT2D eigenvalue weighted by Gasteiger charge is 2.15. The average Bonchev–Trinajstić information content (AvgIpc) is 3.19. The summed E-state index contributed by atoms with van der Waals surface area (Å²) in [5, 5.41) is 13.8. The third-order valence-corrected chi connectivity index (χ3v) is 6.06. The molecule has 0 spiro atoms. The van der Waals surface area contributed by atoms with Gasteiger partial charge in [0.05, 0.1) is 12.4 Å². The minimum Gasteiger partial charge on any atom is -0.387 e. The molecule has 1 unspecified atom stereocenters. The summed E-state index contributed by atoms with van der Waals surface area (Å²) in [6, 6.07) is 6.34. The lowest BCUT2D eigenvalue weighted by Gasteiger charge is -2.19. The monoisotopic (exact) mass is 411 g/mol. The van der Waals surface area contributed by atoms with E-state index in [1.165, 1.54) is 35.6 Å². The molecule has 1 aliphatic rings. The Kier molecular flexibility index (Phi) is 5.87. The van der Waals surface area contributed by atoms with Gasteiger partial charge in [0.1, 0.15) is 0 Å². The van der Waals surface area contributed by atoms with Gasteiger partial charge < -0.3 is 15.0 Å². The summed E-state index contributed by atoms with van der Waals surface area (Å²) >= 11 is 0. The number of nitrogens with one attached hydrogen (secondary N) is 1. The standard InChI is InChI=1S/C22H29N5O3/c1-25-20-19(21(29)26(2)22(25)30)27(14-24-20)11-5-10-23-13-18(28)17-9-8-15-6-3-4-7-16(15)12-17/h8-9,12,14,18,23,28H,3-7,10-11,13H2,1-2H3. The molecule has 0 saturated carbocycles. The quantitative estimate of drug-likeness (QED) is 0.567. The van der Waals surface area contributed by atoms with Crippen LogP contribution in [-0.4, -0.2) is 36.9 Å². The Bertz CT molecular complexity index is 1170. The molecule has 0 fully saturated rings. The number of aryl methyl sites for hydroxylation is 4. The topological polar surface area (TPSA) is 94.1 Å². The molecule has 2 N–H and O–H groups in total. The summed E-state index contributed by atoms with van der Waals surface area (Å²) in [4.78, 5) is 28.7. The molecule has 3 aromatic rings. The highest BCUT2D eigenvalue weighted by Crippen LogP contribution is 2.24. The van der Waals surface area contributed by atoms with Crippen LogP contribution in [0, 0.1) is 0 Å². The van der Waals surface area contributed by atoms with Crippen LogP contribution in [0.5, 0.6) is 0 Å². The predicted molar refractivity (Wildman–Crippen MR) is 116 cm³/mol. The van der Waals surface area contributed by atoms with Crippen LogP contribution in [0.2, 0.25) is 0 Å². The molecule has 1 aromatic carbocycles. The SMILES string of the molecule is Cn1c(=O)c2c(ncn2CCCNCC(O)c2ccc3c(c2)CCCC3)n(C)c1=O. The maximum Gasteiger partial charge on any atom is 0.332 e. The average molecular weight is 412 g/mol. The molecule has 8 nitrogen and oxygen atoms in total. The van der Waals surface area contributed by atoms with E-state index in [-0.39, 0.29) is 11.2 Å². The van der Waals surface area contributed by atoms with E-state index in [1.807, 2.05) is 6.07 Å². The number of rotatable bonds is 7. The van der Waals surface area contributed by atoms with E-state index >= 15 is 0 Å². The number of aromatic nitrogens is 4. The van der Waals surface area contributed by atoms with Crippen molar-refractivity contribution in [2.45, 2.75) is 44.8 Å². The van der Waals surface area contributed by atoms with Crippen molar-refractivity contribution in [3.63, 3.8) is 0 Å². The molecular formula is C22H29N5O3. The molecular weight excluding hydrogens is 382 g/mol. The molecule has 1 aliphatic carbocycles. The van der Waals surface area contributed by atoms with E-state index in [0.717, 1.165) is 29.4 Å². The number of aliphatic hydroxyl groups is 1. The summed E-state index contributed by atoms with van der Waals surface area (Å²) in [5.74, 6) is 0. The fourth-order valence-electron chi connectivity index (χ4n) is 4.26. The molecule has 30 heavy (non-hydrogen) atoms. The second kappa shape index (κ2) is 8.57. The van der Waals surface area contributed by atoms with Crippen LogP contribution in [0.15, 0.2) is 34.1 Å². The fraction of sp³-hybridized carbons (Fsp3) is 0.500. The molecule has 160 valence electrons. The van der Waals surface area contributed by atoms with E-state index in [1.54, 1.807) is 17.9 Å². The van der Waals surface area contributed by atoms with Gasteiger partial charge in [-0.1, -0.05) is 18.2 Å². The third-order valence-electron chi connectivity index (χ3n) is 6.06. The second-order valence-corrected chi connectivity index (χ2v) is 8.12. The van der Waals surface area contributed by atoms with Crippen molar-refractivity contribution in [1.29, 1.82) is 0 Å². The molecule has 0 aliphatic heterocycles. The molecule has 2 aromatic heterocycles. The predicted octanol–water partition coefficient (Wildman–Crippen LogP) is 1.03. The number of hydrogen-bond acceptors (Lipinski definition) is 5. The van der Waals surface area contributed by atoms with Crippen molar-refractivity contribution in [2.24, 2.45) is 14.1 Å². The highest BCUT2D eigenvalue weighted by molar-refractivity contribution is 5.69. The summed E-state index contributed by atoms with van der Waals surface area (Å²) < 4.78 is 4.28. The number of benzene rings is 1. The molecule has 4 rings (SSSR count). The zero-order chi connectivity index (χ0) is 21.3. The number of hydrogen-bond donors (Lipinski definition) is 2. The highest BCUT2D eigenvalue weighted by atomic mass is 16.3. The summed E-state index contributed by atoms with van der Waals surface area (Å²) in [6.07, 6.45) is 6.57. The van der Waals surface area contributed by atoms with Gasteiger partial charge in [0.15, 0.2) is 11.2 Å². The largest absolute Gasteiger partial charge is 0.387 e. The lowest BCUT2D eigenvalue weighted by molar-refractivity contribution is 0.174. The minimum absolute atomic E-state index is 0.332. The molecule has 0 radical (unpaired) electrons. The van der Waals surface area contributed by atoms with E-state index in [0.29, 0.717) is 30.8 Å². The smallest absolute Gasteiger partial charge is 0.332 e. The fourth-order valence-corrected chi connectivity index (χ4v) is 4.26. The first-order chi connectivity index (χ1) is 14.5. The number of nitrogens with zero attached hydrogens (tertiary/aromatic N) is 4. The maximum absolute atomic E-state index is 12.5. The van der Waals surface area contributed by atoms with Crippen molar-refractivity contribution in [3.05, 3.63) is 62.1 Å². The third kappa shape index (κ3) is 3.85. The van der Waals surface area contributed by atoms with Gasteiger partial charge in [0.25, 0.3) is 5.56 Å². The summed E-state index contributed by atoms with van der Waals surface area (Å²) in [6.45, 7) is 1.79. The van der Waals surface area contributed by atoms with Crippen LogP contribution >= 0.6 is 0 Å². The Labute approximate surface area is 174 Å². The van der Waals surface area contributed by atoms with Gasteiger partial charge >= 0.3 is 5.69 Å². The van der Waals surface area contributed by atoms with Gasteiger partial charge in [-0.3, -0.25) is 13.9 Å². The number of imidazole rings is 1. The Balaban J connectivity index is 1.33. The Morgan fingerprint density at radius 1 is 1.13 bits per heavy atom. The van der Waals surface area contributed by atoms with Crippen LogP contribution in [0.25, 0.3) is 11.2 Å². The van der Waals surface area contributed by atoms with Crippen LogP contribution in [0.1, 0.15) is 42.1 Å². The van der Waals surface area contributed by atoms with Crippen LogP contribution in [0.3, 0.4) is 0 Å². The second-order valence-electron chi connectivity index (χ2n) is 8.12. The lowest BCUT2D eigenvalue weighted by Crippen LogP contribution is -2.37. The van der Waals surface area contributed by atoms with Gasteiger partial charge in [0.2, 0.25) is 0 Å². The first-order valence-corrected chi connectivity index (χ1v) is 10.6.